The van der Waals surface area contributed by atoms with E-state index in [1.54, 1.807) is 0 Å². The third kappa shape index (κ3) is 6.26. The van der Waals surface area contributed by atoms with E-state index in [2.05, 4.69) is 0 Å². The number of halogens is 4. The number of nitro benzene ring substituents is 1. The largest absolute Gasteiger partial charge is 1.00 e. The molecule has 0 aliphatic carbocycles. The topological polar surface area (TPSA) is 113 Å². The normalized spacial score (nSPS) is 12.0. The van der Waals surface area contributed by atoms with Gasteiger partial charge in [-0.05, 0) is 24.3 Å². The van der Waals surface area contributed by atoms with Gasteiger partial charge in [0.05, 0.1) is 26.4 Å². The quantitative estimate of drug-likeness (QED) is 0.222. The summed E-state index contributed by atoms with van der Waals surface area (Å²) in [6.07, 6.45) is -4.60. The van der Waals surface area contributed by atoms with E-state index in [0.717, 1.165) is 30.3 Å². The minimum Gasteiger partial charge on any atom is -0.546 e. The SMILES string of the molecule is O=C([O-])C(O)Sc1cc(Oc2ccc(C(F)(F)F)cc2Cl)ccc1[N+](=O)[O-].[Na+]. The van der Waals surface area contributed by atoms with Crippen LogP contribution >= 0.6 is 23.4 Å². The summed E-state index contributed by atoms with van der Waals surface area (Å²) < 4.78 is 43.2. The maximum Gasteiger partial charge on any atom is 1.00 e. The first kappa shape index (κ1) is 24.5. The van der Waals surface area contributed by atoms with E-state index in [4.69, 9.17) is 16.3 Å². The number of nitro groups is 1. The van der Waals surface area contributed by atoms with Crippen molar-refractivity contribution < 1.29 is 67.4 Å². The molecular weight excluding hydrogens is 438 g/mol. The number of ether oxygens (including phenoxy) is 1. The van der Waals surface area contributed by atoms with Crippen molar-refractivity contribution in [2.75, 3.05) is 0 Å². The number of rotatable bonds is 6. The molecule has 0 aromatic heterocycles. The molecule has 13 heteroatoms. The summed E-state index contributed by atoms with van der Waals surface area (Å²) in [5.41, 5.74) is -3.57. The molecule has 0 saturated heterocycles. The average Bonchev–Trinajstić information content (AvgIpc) is 2.55. The molecule has 144 valence electrons. The second kappa shape index (κ2) is 9.81. The van der Waals surface area contributed by atoms with Crippen LogP contribution in [0, 0.1) is 10.1 Å². The first-order valence-electron chi connectivity index (χ1n) is 6.87. The van der Waals surface area contributed by atoms with Crippen LogP contribution in [-0.4, -0.2) is 21.4 Å². The summed E-state index contributed by atoms with van der Waals surface area (Å²) in [7, 11) is 0. The van der Waals surface area contributed by atoms with Crippen LogP contribution in [0.4, 0.5) is 18.9 Å². The Balaban J connectivity index is 0.00000392. The first-order valence-corrected chi connectivity index (χ1v) is 8.13. The maximum atomic E-state index is 12.6. The summed E-state index contributed by atoms with van der Waals surface area (Å²) in [6.45, 7) is 0. The number of aliphatic hydroxyl groups is 1. The summed E-state index contributed by atoms with van der Waals surface area (Å²) in [5, 5.41) is 30.6. The summed E-state index contributed by atoms with van der Waals surface area (Å²) in [5.74, 6) is -2.09. The molecule has 2 aromatic rings. The van der Waals surface area contributed by atoms with Crippen LogP contribution in [0.15, 0.2) is 41.3 Å². The monoisotopic (exact) mass is 445 g/mol. The van der Waals surface area contributed by atoms with E-state index in [9.17, 15) is 38.3 Å². The molecule has 1 N–H and O–H groups in total. The zero-order chi connectivity index (χ0) is 20.4. The van der Waals surface area contributed by atoms with Gasteiger partial charge in [-0.15, -0.1) is 0 Å². The van der Waals surface area contributed by atoms with Gasteiger partial charge >= 0.3 is 35.7 Å². The van der Waals surface area contributed by atoms with Gasteiger partial charge in [-0.1, -0.05) is 23.4 Å². The Bertz CT molecular complexity index is 899. The summed E-state index contributed by atoms with van der Waals surface area (Å²) in [6, 6.07) is 5.53. The Morgan fingerprint density at radius 1 is 1.25 bits per heavy atom. The van der Waals surface area contributed by atoms with Crippen LogP contribution in [0.2, 0.25) is 5.02 Å². The predicted molar refractivity (Wildman–Crippen MR) is 86.5 cm³/mol. The number of carbonyl (C=O) groups excluding carboxylic acids is 1. The van der Waals surface area contributed by atoms with Crippen LogP contribution < -0.4 is 39.4 Å². The molecule has 0 heterocycles. The molecule has 1 unspecified atom stereocenters. The Morgan fingerprint density at radius 2 is 1.89 bits per heavy atom. The van der Waals surface area contributed by atoms with Crippen molar-refractivity contribution >= 4 is 35.0 Å². The van der Waals surface area contributed by atoms with Gasteiger partial charge in [0, 0.05) is 12.1 Å². The number of nitrogens with zero attached hydrogens (tertiary/aromatic N) is 1. The van der Waals surface area contributed by atoms with Crippen LogP contribution in [0.25, 0.3) is 0 Å². The molecule has 7 nitrogen and oxygen atoms in total. The van der Waals surface area contributed by atoms with Gasteiger partial charge in [0.15, 0.2) is 0 Å². The maximum absolute atomic E-state index is 12.6. The van der Waals surface area contributed by atoms with Crippen molar-refractivity contribution in [2.45, 2.75) is 16.5 Å². The number of thioether (sulfide) groups is 1. The Kier molecular flexibility index (Phi) is 8.60. The molecule has 2 aromatic carbocycles. The van der Waals surface area contributed by atoms with Gasteiger partial charge in [0.1, 0.15) is 16.9 Å². The van der Waals surface area contributed by atoms with Gasteiger partial charge in [-0.3, -0.25) is 10.1 Å². The van der Waals surface area contributed by atoms with E-state index >= 15 is 0 Å². The number of carboxylic acid groups (broad SMARTS) is 1. The number of benzene rings is 2. The fourth-order valence-electron chi connectivity index (χ4n) is 1.86. The molecule has 2 rings (SSSR count). The Morgan fingerprint density at radius 3 is 2.39 bits per heavy atom. The van der Waals surface area contributed by atoms with Crippen LogP contribution in [0.5, 0.6) is 11.5 Å². The van der Waals surface area contributed by atoms with E-state index in [0.29, 0.717) is 6.07 Å². The second-order valence-electron chi connectivity index (χ2n) is 4.92. The van der Waals surface area contributed by atoms with Crippen molar-refractivity contribution in [3.05, 3.63) is 57.1 Å². The average molecular weight is 446 g/mol. The van der Waals surface area contributed by atoms with Crippen molar-refractivity contribution in [3.8, 4) is 11.5 Å². The number of aliphatic carboxylic acids is 1. The summed E-state index contributed by atoms with van der Waals surface area (Å²) in [4.78, 5) is 20.6. The fraction of sp³-hybridized carbons (Fsp3) is 0.133. The third-order valence-corrected chi connectivity index (χ3v) is 4.35. The minimum absolute atomic E-state index is 0. The van der Waals surface area contributed by atoms with Crippen LogP contribution in [0.1, 0.15) is 5.56 Å². The van der Waals surface area contributed by atoms with Gasteiger partial charge in [-0.25, -0.2) is 0 Å². The number of alkyl halides is 3. The molecule has 0 fully saturated rings. The van der Waals surface area contributed by atoms with Crippen LogP contribution in [-0.2, 0) is 11.0 Å². The number of hydrogen-bond acceptors (Lipinski definition) is 7. The third-order valence-electron chi connectivity index (χ3n) is 3.06. The van der Waals surface area contributed by atoms with Crippen LogP contribution in [0.3, 0.4) is 0 Å². The molecular formula is C15H8ClF3NNaO6S. The molecule has 0 spiro atoms. The van der Waals surface area contributed by atoms with E-state index < -0.39 is 33.8 Å². The minimum atomic E-state index is -4.60. The zero-order valence-electron chi connectivity index (χ0n) is 13.9. The molecule has 0 bridgehead atoms. The molecule has 0 aliphatic rings. The van der Waals surface area contributed by atoms with Crippen molar-refractivity contribution in [2.24, 2.45) is 0 Å². The standard InChI is InChI=1S/C15H9ClF3NO6S.Na/c16-9-5-7(15(17,18)19)1-4-11(9)26-8-2-3-10(20(24)25)12(6-8)27-14(23)13(21)22;/h1-6,14,23H,(H,21,22);/q;+1/p-1. The molecule has 28 heavy (non-hydrogen) atoms. The molecule has 0 saturated carbocycles. The Hall–Kier alpha value is -1.50. The molecule has 0 amide bonds. The number of carbonyl (C=O) groups is 1. The van der Waals surface area contributed by atoms with E-state index in [-0.39, 0.29) is 62.7 Å². The molecule has 0 radical (unpaired) electrons. The van der Waals surface area contributed by atoms with E-state index in [1.807, 2.05) is 0 Å². The van der Waals surface area contributed by atoms with Crippen molar-refractivity contribution in [3.63, 3.8) is 0 Å². The second-order valence-corrected chi connectivity index (χ2v) is 6.45. The van der Waals surface area contributed by atoms with Gasteiger partial charge in [0.2, 0.25) is 0 Å². The summed E-state index contributed by atoms with van der Waals surface area (Å²) >= 11 is 6.00. The zero-order valence-corrected chi connectivity index (χ0v) is 17.5. The van der Waals surface area contributed by atoms with Gasteiger partial charge in [-0.2, -0.15) is 13.2 Å². The Labute approximate surface area is 186 Å². The van der Waals surface area contributed by atoms with Crippen molar-refractivity contribution in [1.29, 1.82) is 0 Å². The molecule has 1 atom stereocenters. The smallest absolute Gasteiger partial charge is 0.546 e. The number of hydrogen-bond donors (Lipinski definition) is 1. The molecule has 0 aliphatic heterocycles. The fourth-order valence-corrected chi connectivity index (χ4v) is 2.86. The first-order chi connectivity index (χ1) is 12.5. The van der Waals surface area contributed by atoms with Gasteiger partial charge in [0.25, 0.3) is 5.69 Å². The number of aliphatic hydroxyl groups excluding tert-OH is 1. The van der Waals surface area contributed by atoms with E-state index in [1.165, 1.54) is 0 Å². The van der Waals surface area contributed by atoms with Gasteiger partial charge < -0.3 is 19.7 Å². The number of carboxylic acids is 1. The van der Waals surface area contributed by atoms with Crippen molar-refractivity contribution in [1.82, 2.24) is 0 Å². The predicted octanol–water partition coefficient (Wildman–Crippen LogP) is 0.224.